The van der Waals surface area contributed by atoms with Crippen molar-refractivity contribution in [3.8, 4) is 0 Å². The van der Waals surface area contributed by atoms with E-state index >= 15 is 0 Å². The number of aryl methyl sites for hydroxylation is 2. The minimum atomic E-state index is -0.579. The van der Waals surface area contributed by atoms with Gasteiger partial charge in [0.05, 0.1) is 5.69 Å². The van der Waals surface area contributed by atoms with Crippen LogP contribution in [0.2, 0.25) is 0 Å². The van der Waals surface area contributed by atoms with Crippen molar-refractivity contribution in [1.82, 2.24) is 20.2 Å². The van der Waals surface area contributed by atoms with E-state index < -0.39 is 6.04 Å². The highest BCUT2D eigenvalue weighted by Crippen LogP contribution is 2.22. The van der Waals surface area contributed by atoms with E-state index in [9.17, 15) is 9.59 Å². The second-order valence-corrected chi connectivity index (χ2v) is 9.86. The van der Waals surface area contributed by atoms with Crippen LogP contribution in [0, 0.1) is 5.92 Å². The molecule has 2 aromatic rings. The van der Waals surface area contributed by atoms with Crippen molar-refractivity contribution in [2.24, 2.45) is 5.92 Å². The topological polar surface area (TPSA) is 76.0 Å². The van der Waals surface area contributed by atoms with Gasteiger partial charge in [0.15, 0.2) is 0 Å². The number of carbonyl (C=O) groups is 2. The van der Waals surface area contributed by atoms with E-state index in [0.717, 1.165) is 24.5 Å². The fraction of sp³-hybridized carbons (Fsp3) is 0.560. The maximum absolute atomic E-state index is 12.8. The maximum Gasteiger partial charge on any atom is 0.251 e. The van der Waals surface area contributed by atoms with Gasteiger partial charge in [0.1, 0.15) is 11.9 Å². The standard InChI is InChI=1S/C25H36N4O2/c1-17(2)22(28-23(30)18-9-11-19(12-10-18)25(3,4)5)24(31)26-14-13-20-16-29-15-7-6-8-21(29)27-20/h9-12,16-17,22H,6-8,13-15H2,1-5H3,(H,26,31)(H,28,30)/t22-/m1/s1. The second kappa shape index (κ2) is 9.67. The molecule has 0 bridgehead atoms. The molecule has 1 aromatic carbocycles. The highest BCUT2D eigenvalue weighted by Gasteiger charge is 2.25. The van der Waals surface area contributed by atoms with Crippen LogP contribution in [0.4, 0.5) is 0 Å². The predicted octanol–water partition coefficient (Wildman–Crippen LogP) is 3.63. The molecule has 168 valence electrons. The number of carbonyl (C=O) groups excluding carboxylic acids is 2. The zero-order chi connectivity index (χ0) is 22.6. The van der Waals surface area contributed by atoms with Gasteiger partial charge in [-0.1, -0.05) is 46.8 Å². The van der Waals surface area contributed by atoms with Gasteiger partial charge in [-0.05, 0) is 41.9 Å². The minimum Gasteiger partial charge on any atom is -0.354 e. The summed E-state index contributed by atoms with van der Waals surface area (Å²) < 4.78 is 2.22. The molecule has 1 atom stereocenters. The predicted molar refractivity (Wildman–Crippen MR) is 123 cm³/mol. The number of fused-ring (bicyclic) bond motifs is 1. The molecule has 0 fully saturated rings. The molecule has 0 saturated heterocycles. The van der Waals surface area contributed by atoms with E-state index in [4.69, 9.17) is 0 Å². The molecule has 0 unspecified atom stereocenters. The number of amides is 2. The first-order valence-electron chi connectivity index (χ1n) is 11.4. The number of hydrogen-bond acceptors (Lipinski definition) is 3. The molecule has 6 nitrogen and oxygen atoms in total. The number of benzene rings is 1. The van der Waals surface area contributed by atoms with Crippen LogP contribution in [0.25, 0.3) is 0 Å². The quantitative estimate of drug-likeness (QED) is 0.713. The molecule has 2 N–H and O–H groups in total. The van der Waals surface area contributed by atoms with E-state index in [1.165, 1.54) is 18.4 Å². The lowest BCUT2D eigenvalue weighted by Gasteiger charge is -2.22. The highest BCUT2D eigenvalue weighted by atomic mass is 16.2. The lowest BCUT2D eigenvalue weighted by atomic mass is 9.86. The van der Waals surface area contributed by atoms with E-state index in [-0.39, 0.29) is 23.1 Å². The van der Waals surface area contributed by atoms with Crippen molar-refractivity contribution in [3.63, 3.8) is 0 Å². The Bertz CT molecular complexity index is 883. The summed E-state index contributed by atoms with van der Waals surface area (Å²) in [6.45, 7) is 11.8. The van der Waals surface area contributed by atoms with Crippen LogP contribution in [0.15, 0.2) is 30.5 Å². The lowest BCUT2D eigenvalue weighted by Crippen LogP contribution is -2.50. The van der Waals surface area contributed by atoms with Gasteiger partial charge in [-0.15, -0.1) is 0 Å². The number of imidazole rings is 1. The zero-order valence-corrected chi connectivity index (χ0v) is 19.5. The molecule has 3 rings (SSSR count). The Labute approximate surface area is 185 Å². The number of rotatable bonds is 7. The molecule has 1 aliphatic rings. The van der Waals surface area contributed by atoms with Crippen LogP contribution >= 0.6 is 0 Å². The lowest BCUT2D eigenvalue weighted by molar-refractivity contribution is -0.123. The zero-order valence-electron chi connectivity index (χ0n) is 19.5. The van der Waals surface area contributed by atoms with Crippen LogP contribution < -0.4 is 10.6 Å². The number of nitrogens with zero attached hydrogens (tertiary/aromatic N) is 2. The number of nitrogens with one attached hydrogen (secondary N) is 2. The SMILES string of the molecule is CC(C)[C@@H](NC(=O)c1ccc(C(C)(C)C)cc1)C(=O)NCCc1cn2c(n1)CCCC2. The third-order valence-corrected chi connectivity index (χ3v) is 5.89. The van der Waals surface area contributed by atoms with Gasteiger partial charge in [-0.2, -0.15) is 0 Å². The fourth-order valence-corrected chi connectivity index (χ4v) is 3.90. The smallest absolute Gasteiger partial charge is 0.251 e. The Hall–Kier alpha value is -2.63. The van der Waals surface area contributed by atoms with Gasteiger partial charge in [-0.3, -0.25) is 9.59 Å². The van der Waals surface area contributed by atoms with Crippen molar-refractivity contribution in [3.05, 3.63) is 53.1 Å². The molecule has 0 saturated carbocycles. The van der Waals surface area contributed by atoms with E-state index in [1.54, 1.807) is 0 Å². The van der Waals surface area contributed by atoms with Crippen molar-refractivity contribution >= 4 is 11.8 Å². The summed E-state index contributed by atoms with van der Waals surface area (Å²) in [7, 11) is 0. The first-order chi connectivity index (χ1) is 14.6. The number of hydrogen-bond donors (Lipinski definition) is 2. The molecule has 0 radical (unpaired) electrons. The van der Waals surface area contributed by atoms with Crippen molar-refractivity contribution < 1.29 is 9.59 Å². The molecule has 2 heterocycles. The summed E-state index contributed by atoms with van der Waals surface area (Å²) in [4.78, 5) is 30.2. The Morgan fingerprint density at radius 1 is 1.13 bits per heavy atom. The first kappa shape index (κ1) is 23.0. The maximum atomic E-state index is 12.8. The highest BCUT2D eigenvalue weighted by molar-refractivity contribution is 5.97. The summed E-state index contributed by atoms with van der Waals surface area (Å²) >= 11 is 0. The monoisotopic (exact) mass is 424 g/mol. The molecule has 0 spiro atoms. The Balaban J connectivity index is 1.55. The van der Waals surface area contributed by atoms with Gasteiger partial charge in [0.2, 0.25) is 5.91 Å². The van der Waals surface area contributed by atoms with Crippen LogP contribution in [0.1, 0.15) is 74.9 Å². The van der Waals surface area contributed by atoms with Gasteiger partial charge in [0, 0.05) is 37.7 Å². The van der Waals surface area contributed by atoms with Crippen molar-refractivity contribution in [2.45, 2.75) is 78.3 Å². The van der Waals surface area contributed by atoms with Gasteiger partial charge >= 0.3 is 0 Å². The van der Waals surface area contributed by atoms with Gasteiger partial charge in [0.25, 0.3) is 5.91 Å². The first-order valence-corrected chi connectivity index (χ1v) is 11.4. The van der Waals surface area contributed by atoms with E-state index in [2.05, 4.69) is 47.2 Å². The summed E-state index contributed by atoms with van der Waals surface area (Å²) in [5.41, 5.74) is 2.78. The Kier molecular flexibility index (Phi) is 7.19. The molecule has 1 aliphatic heterocycles. The summed E-state index contributed by atoms with van der Waals surface area (Å²) in [5.74, 6) is 0.754. The molecular formula is C25H36N4O2. The third kappa shape index (κ3) is 5.96. The summed E-state index contributed by atoms with van der Waals surface area (Å²) in [6.07, 6.45) is 6.23. The van der Waals surface area contributed by atoms with E-state index in [1.807, 2.05) is 38.1 Å². The second-order valence-electron chi connectivity index (χ2n) is 9.86. The third-order valence-electron chi connectivity index (χ3n) is 5.89. The molecule has 1 aromatic heterocycles. The molecule has 6 heteroatoms. The average Bonchev–Trinajstić information content (AvgIpc) is 3.13. The largest absolute Gasteiger partial charge is 0.354 e. The Morgan fingerprint density at radius 2 is 1.84 bits per heavy atom. The molecule has 2 amide bonds. The average molecular weight is 425 g/mol. The molecular weight excluding hydrogens is 388 g/mol. The number of aromatic nitrogens is 2. The molecule has 31 heavy (non-hydrogen) atoms. The van der Waals surface area contributed by atoms with Crippen molar-refractivity contribution in [1.29, 1.82) is 0 Å². The van der Waals surface area contributed by atoms with Crippen molar-refractivity contribution in [2.75, 3.05) is 6.54 Å². The van der Waals surface area contributed by atoms with E-state index in [0.29, 0.717) is 18.5 Å². The molecule has 0 aliphatic carbocycles. The summed E-state index contributed by atoms with van der Waals surface area (Å²) in [6, 6.07) is 7.02. The van der Waals surface area contributed by atoms with Crippen LogP contribution in [0.3, 0.4) is 0 Å². The Morgan fingerprint density at radius 3 is 2.45 bits per heavy atom. The van der Waals surface area contributed by atoms with Crippen LogP contribution in [-0.4, -0.2) is 34.0 Å². The fourth-order valence-electron chi connectivity index (χ4n) is 3.90. The van der Waals surface area contributed by atoms with Crippen LogP contribution in [-0.2, 0) is 29.6 Å². The minimum absolute atomic E-state index is 0.0160. The van der Waals surface area contributed by atoms with Gasteiger partial charge < -0.3 is 15.2 Å². The van der Waals surface area contributed by atoms with Crippen LogP contribution in [0.5, 0.6) is 0 Å². The normalized spacial score (nSPS) is 14.8. The van der Waals surface area contributed by atoms with Gasteiger partial charge in [-0.25, -0.2) is 4.98 Å². The summed E-state index contributed by atoms with van der Waals surface area (Å²) in [5, 5.41) is 5.88.